The van der Waals surface area contributed by atoms with Crippen molar-refractivity contribution in [1.29, 1.82) is 0 Å². The van der Waals surface area contributed by atoms with Crippen molar-refractivity contribution in [3.63, 3.8) is 0 Å². The highest BCUT2D eigenvalue weighted by atomic mass is 16.5. The van der Waals surface area contributed by atoms with E-state index >= 15 is 0 Å². The lowest BCUT2D eigenvalue weighted by Gasteiger charge is -2.15. The molecule has 6 N–H and O–H groups in total. The zero-order chi connectivity index (χ0) is 27.5. The molecule has 0 radical (unpaired) electrons. The molecule has 0 aliphatic carbocycles. The van der Waals surface area contributed by atoms with Gasteiger partial charge in [-0.1, -0.05) is 37.6 Å². The van der Waals surface area contributed by atoms with Crippen LogP contribution in [0.1, 0.15) is 37.8 Å². The molecular weight excluding hydrogens is 482 g/mol. The van der Waals surface area contributed by atoms with Gasteiger partial charge in [-0.05, 0) is 37.1 Å². The van der Waals surface area contributed by atoms with Crippen molar-refractivity contribution < 1.29 is 14.6 Å². The molecule has 38 heavy (non-hydrogen) atoms. The summed E-state index contributed by atoms with van der Waals surface area (Å²) < 4.78 is 7.92. The van der Waals surface area contributed by atoms with Gasteiger partial charge in [0.1, 0.15) is 16.8 Å². The first kappa shape index (κ1) is 28.7. The van der Waals surface area contributed by atoms with Crippen LogP contribution in [0, 0.1) is 0 Å². The summed E-state index contributed by atoms with van der Waals surface area (Å²) in [5, 5.41) is 17.9. The number of carbonyl (C=O) groups excluding carboxylic acids is 1. The number of carbonyl (C=O) groups is 1. The molecule has 0 atom stereocenters. The van der Waals surface area contributed by atoms with Crippen LogP contribution in [-0.2, 0) is 17.9 Å². The largest absolute Gasteiger partial charge is 0.496 e. The Kier molecular flexibility index (Phi) is 10.7. The van der Waals surface area contributed by atoms with E-state index in [0.717, 1.165) is 64.0 Å². The number of nitrogens with two attached hydrogens (primary N) is 1. The Morgan fingerprint density at radius 2 is 1.92 bits per heavy atom. The van der Waals surface area contributed by atoms with Crippen LogP contribution in [0.2, 0.25) is 0 Å². The predicted molar refractivity (Wildman–Crippen MR) is 153 cm³/mol. The third-order valence-electron chi connectivity index (χ3n) is 6.01. The number of aliphatic hydroxyl groups is 1. The summed E-state index contributed by atoms with van der Waals surface area (Å²) in [5.41, 5.74) is 11.0. The molecule has 0 aliphatic heterocycles. The van der Waals surface area contributed by atoms with E-state index in [1.807, 2.05) is 24.3 Å². The first-order chi connectivity index (χ1) is 18.5. The second-order valence-corrected chi connectivity index (χ2v) is 8.75. The molecule has 4 rings (SSSR count). The number of nitrogens with one attached hydrogen (secondary N) is 3. The van der Waals surface area contributed by atoms with Crippen LogP contribution >= 0.6 is 0 Å². The summed E-state index contributed by atoms with van der Waals surface area (Å²) in [4.78, 5) is 20.7. The van der Waals surface area contributed by atoms with E-state index in [-0.39, 0.29) is 25.0 Å². The van der Waals surface area contributed by atoms with Crippen LogP contribution in [0.3, 0.4) is 0 Å². The number of aromatic nitrogens is 3. The molecular formula is C28H39N7O3. The number of aliphatic hydroxyl groups excluding tert-OH is 1. The Bertz CT molecular complexity index is 1350. The smallest absolute Gasteiger partial charge is 0.233 e. The van der Waals surface area contributed by atoms with E-state index in [9.17, 15) is 4.79 Å². The number of hydrogen-bond acceptors (Lipinski definition) is 8. The molecule has 0 unspecified atom stereocenters. The Morgan fingerprint density at radius 1 is 1.16 bits per heavy atom. The van der Waals surface area contributed by atoms with E-state index in [2.05, 4.69) is 55.6 Å². The summed E-state index contributed by atoms with van der Waals surface area (Å²) in [6.45, 7) is 6.29. The number of rotatable bonds is 11. The molecule has 2 aromatic heterocycles. The zero-order valence-electron chi connectivity index (χ0n) is 22.7. The zero-order valence-corrected chi connectivity index (χ0v) is 22.7. The van der Waals surface area contributed by atoms with E-state index in [0.29, 0.717) is 13.1 Å². The second kappa shape index (κ2) is 14.2. The van der Waals surface area contributed by atoms with Crippen molar-refractivity contribution in [3.8, 4) is 5.75 Å². The van der Waals surface area contributed by atoms with Gasteiger partial charge in [0.25, 0.3) is 0 Å². The quantitative estimate of drug-likeness (QED) is 0.190. The van der Waals surface area contributed by atoms with Crippen molar-refractivity contribution in [2.75, 3.05) is 44.9 Å². The number of anilines is 2. The fraction of sp³-hybridized carbons (Fsp3) is 0.393. The van der Waals surface area contributed by atoms with Gasteiger partial charge in [-0.25, -0.2) is 4.98 Å². The minimum absolute atomic E-state index is 0.0496. The molecule has 2 aromatic carbocycles. The first-order valence-corrected chi connectivity index (χ1v) is 12.9. The van der Waals surface area contributed by atoms with Gasteiger partial charge in [0, 0.05) is 37.7 Å². The van der Waals surface area contributed by atoms with Crippen LogP contribution in [-0.4, -0.2) is 59.4 Å². The summed E-state index contributed by atoms with van der Waals surface area (Å²) in [7, 11) is 3.31. The van der Waals surface area contributed by atoms with Crippen molar-refractivity contribution in [3.05, 3.63) is 53.6 Å². The van der Waals surface area contributed by atoms with E-state index in [1.54, 1.807) is 21.1 Å². The molecule has 204 valence electrons. The van der Waals surface area contributed by atoms with E-state index < -0.39 is 0 Å². The highest BCUT2D eigenvalue weighted by Gasteiger charge is 2.19. The monoisotopic (exact) mass is 521 g/mol. The highest BCUT2D eigenvalue weighted by molar-refractivity contribution is 6.09. The number of benzene rings is 2. The van der Waals surface area contributed by atoms with Gasteiger partial charge in [-0.3, -0.25) is 4.79 Å². The topological polar surface area (TPSA) is 139 Å². The van der Waals surface area contributed by atoms with Crippen molar-refractivity contribution in [1.82, 2.24) is 25.2 Å². The standard InChI is InChI=1S/C26H33N7O2.C2H6O/c1-4-5-12-30-25-24-23(31-26(27)32-25)19-8-6-7-9-20(19)33(24)16-18-13-17(10-11-21(18)35-3)14-29-15-22(34)28-2;1-2-3/h6-11,13,29H,4-5,12,14-16H2,1-3H3,(H,28,34)(H3,27,30,31,32);3H,2H2,1H3. The SMILES string of the molecule is CCCCNc1nc(N)nc2c3ccccc3n(Cc3cc(CNCC(=O)NC)ccc3OC)c12.CCO. The maximum absolute atomic E-state index is 11.6. The lowest BCUT2D eigenvalue weighted by Crippen LogP contribution is -2.30. The molecule has 0 spiro atoms. The number of likely N-dealkylation sites (N-methyl/N-ethyl adjacent to an activating group) is 1. The maximum Gasteiger partial charge on any atom is 0.233 e. The number of ether oxygens (including phenoxy) is 1. The van der Waals surface area contributed by atoms with E-state index in [4.69, 9.17) is 15.6 Å². The molecule has 0 saturated heterocycles. The molecule has 10 nitrogen and oxygen atoms in total. The average molecular weight is 522 g/mol. The van der Waals surface area contributed by atoms with Gasteiger partial charge in [0.2, 0.25) is 11.9 Å². The van der Waals surface area contributed by atoms with Gasteiger partial charge in [-0.15, -0.1) is 0 Å². The molecule has 1 amide bonds. The van der Waals surface area contributed by atoms with Gasteiger partial charge < -0.3 is 36.1 Å². The third-order valence-corrected chi connectivity index (χ3v) is 6.01. The molecule has 10 heteroatoms. The average Bonchev–Trinajstić information content (AvgIpc) is 3.22. The predicted octanol–water partition coefficient (Wildman–Crippen LogP) is 3.27. The Morgan fingerprint density at radius 3 is 2.63 bits per heavy atom. The number of nitrogen functional groups attached to an aromatic ring is 1. The molecule has 0 fully saturated rings. The summed E-state index contributed by atoms with van der Waals surface area (Å²) in [6.07, 6.45) is 2.11. The number of nitrogens with zero attached hydrogens (tertiary/aromatic N) is 3. The normalized spacial score (nSPS) is 10.8. The van der Waals surface area contributed by atoms with Crippen molar-refractivity contribution >= 4 is 39.6 Å². The third kappa shape index (κ3) is 6.90. The number of para-hydroxylation sites is 1. The van der Waals surface area contributed by atoms with E-state index in [1.165, 1.54) is 0 Å². The summed E-state index contributed by atoms with van der Waals surface area (Å²) >= 11 is 0. The van der Waals surface area contributed by atoms with Crippen molar-refractivity contribution in [2.45, 2.75) is 39.8 Å². The van der Waals surface area contributed by atoms with Gasteiger partial charge >= 0.3 is 0 Å². The minimum Gasteiger partial charge on any atom is -0.496 e. The van der Waals surface area contributed by atoms with Crippen LogP contribution in [0.15, 0.2) is 42.5 Å². The number of methoxy groups -OCH3 is 1. The fourth-order valence-corrected chi connectivity index (χ4v) is 4.26. The Balaban J connectivity index is 0.00000127. The second-order valence-electron chi connectivity index (χ2n) is 8.75. The van der Waals surface area contributed by atoms with Crippen LogP contribution in [0.25, 0.3) is 21.9 Å². The number of unbranched alkanes of at least 4 members (excludes halogenated alkanes) is 1. The molecule has 0 bridgehead atoms. The molecule has 2 heterocycles. The lowest BCUT2D eigenvalue weighted by molar-refractivity contribution is -0.119. The number of hydrogen-bond donors (Lipinski definition) is 5. The molecule has 4 aromatic rings. The summed E-state index contributed by atoms with van der Waals surface area (Å²) in [6, 6.07) is 14.3. The van der Waals surface area contributed by atoms with Crippen LogP contribution < -0.4 is 26.4 Å². The van der Waals surface area contributed by atoms with Crippen LogP contribution in [0.4, 0.5) is 11.8 Å². The Labute approximate surface area is 223 Å². The first-order valence-electron chi connectivity index (χ1n) is 12.9. The van der Waals surface area contributed by atoms with Gasteiger partial charge in [-0.2, -0.15) is 4.98 Å². The minimum atomic E-state index is -0.0496. The fourth-order valence-electron chi connectivity index (χ4n) is 4.26. The lowest BCUT2D eigenvalue weighted by atomic mass is 10.1. The van der Waals surface area contributed by atoms with Crippen molar-refractivity contribution in [2.24, 2.45) is 0 Å². The molecule has 0 aliphatic rings. The van der Waals surface area contributed by atoms with Gasteiger partial charge in [0.05, 0.1) is 25.7 Å². The molecule has 0 saturated carbocycles. The van der Waals surface area contributed by atoms with Crippen LogP contribution in [0.5, 0.6) is 5.75 Å². The number of fused-ring (bicyclic) bond motifs is 3. The highest BCUT2D eigenvalue weighted by Crippen LogP contribution is 2.34. The van der Waals surface area contributed by atoms with Gasteiger partial charge in [0.15, 0.2) is 5.82 Å². The summed E-state index contributed by atoms with van der Waals surface area (Å²) in [5.74, 6) is 1.73. The number of amides is 1. The maximum atomic E-state index is 11.6. The Hall–Kier alpha value is -3.89.